The lowest BCUT2D eigenvalue weighted by Crippen LogP contribution is -1.98. The van der Waals surface area contributed by atoms with Crippen LogP contribution in [0.1, 0.15) is 0 Å². The highest BCUT2D eigenvalue weighted by atomic mass is 14.8. The van der Waals surface area contributed by atoms with Crippen molar-refractivity contribution in [1.29, 1.82) is 0 Å². The van der Waals surface area contributed by atoms with E-state index < -0.39 is 0 Å². The molecule has 0 aliphatic heterocycles. The van der Waals surface area contributed by atoms with Gasteiger partial charge in [0.05, 0.1) is 44.8 Å². The summed E-state index contributed by atoms with van der Waals surface area (Å²) in [5, 5.41) is 2.11. The highest BCUT2D eigenvalue weighted by Gasteiger charge is 2.17. The van der Waals surface area contributed by atoms with Crippen LogP contribution in [0.5, 0.6) is 0 Å². The molecule has 0 atom stereocenters. The molecule has 4 heteroatoms. The molecular formula is C38H24N4. The van der Waals surface area contributed by atoms with Crippen LogP contribution >= 0.6 is 0 Å². The van der Waals surface area contributed by atoms with Gasteiger partial charge in [0.2, 0.25) is 0 Å². The van der Waals surface area contributed by atoms with Crippen molar-refractivity contribution in [1.82, 2.24) is 19.9 Å². The van der Waals surface area contributed by atoms with E-state index in [9.17, 15) is 0 Å². The third-order valence-corrected chi connectivity index (χ3v) is 7.65. The molecule has 3 aromatic heterocycles. The number of para-hydroxylation sites is 1. The second-order valence-electron chi connectivity index (χ2n) is 10.3. The zero-order chi connectivity index (χ0) is 27.9. The topological polar surface area (TPSA) is 51.6 Å². The van der Waals surface area contributed by atoms with Gasteiger partial charge < -0.3 is 0 Å². The van der Waals surface area contributed by atoms with Crippen LogP contribution in [0.2, 0.25) is 0 Å². The van der Waals surface area contributed by atoms with Gasteiger partial charge in [0, 0.05) is 33.0 Å². The van der Waals surface area contributed by atoms with E-state index in [4.69, 9.17) is 19.9 Å². The second kappa shape index (κ2) is 10.0. The molecule has 0 spiro atoms. The maximum absolute atomic E-state index is 5.28. The van der Waals surface area contributed by atoms with Crippen molar-refractivity contribution in [2.75, 3.05) is 0 Å². The van der Waals surface area contributed by atoms with E-state index >= 15 is 0 Å². The Bertz CT molecular complexity index is 2230. The standard InChI is InChI=1S/C38H24N4/c1-4-11-25(12-5-1)31-23-21-28-19-20-29-22-24-32(40-36(29)35(28)39-31)30-17-10-18-33-38(30)42-37(27-15-8-3-9-16-27)34(41-33)26-13-6-2-7-14-26/h1-24H. The van der Waals surface area contributed by atoms with Gasteiger partial charge in [-0.25, -0.2) is 19.9 Å². The summed E-state index contributed by atoms with van der Waals surface area (Å²) in [6, 6.07) is 49.5. The predicted octanol–water partition coefficient (Wildman–Crippen LogP) is 9.39. The van der Waals surface area contributed by atoms with Crippen molar-refractivity contribution >= 4 is 32.8 Å². The minimum atomic E-state index is 0.820. The summed E-state index contributed by atoms with van der Waals surface area (Å²) in [5.41, 5.74) is 11.0. The van der Waals surface area contributed by atoms with Crippen LogP contribution in [0, 0.1) is 0 Å². The van der Waals surface area contributed by atoms with Crippen molar-refractivity contribution < 1.29 is 0 Å². The molecule has 0 amide bonds. The zero-order valence-corrected chi connectivity index (χ0v) is 22.6. The Balaban J connectivity index is 1.35. The SMILES string of the molecule is c1ccc(-c2ccc3ccc4ccc(-c5cccc6nc(-c7ccccc7)c(-c7ccccc7)nc56)nc4c3n2)cc1. The Morgan fingerprint density at radius 1 is 0.310 bits per heavy atom. The molecule has 0 unspecified atom stereocenters. The molecule has 0 saturated carbocycles. The molecule has 0 bridgehead atoms. The summed E-state index contributed by atoms with van der Waals surface area (Å²) in [4.78, 5) is 20.7. The molecule has 3 heterocycles. The van der Waals surface area contributed by atoms with Gasteiger partial charge in [-0.3, -0.25) is 0 Å². The first kappa shape index (κ1) is 24.1. The number of nitrogens with zero attached hydrogens (tertiary/aromatic N) is 4. The first-order chi connectivity index (χ1) is 20.8. The third kappa shape index (κ3) is 4.18. The van der Waals surface area contributed by atoms with Crippen molar-refractivity contribution in [2.24, 2.45) is 0 Å². The predicted molar refractivity (Wildman–Crippen MR) is 172 cm³/mol. The minimum Gasteiger partial charge on any atom is -0.245 e. The van der Waals surface area contributed by atoms with E-state index in [0.29, 0.717) is 0 Å². The van der Waals surface area contributed by atoms with Crippen molar-refractivity contribution in [3.8, 4) is 45.0 Å². The summed E-state index contributed by atoms with van der Waals surface area (Å²) < 4.78 is 0. The smallest absolute Gasteiger partial charge is 0.0988 e. The lowest BCUT2D eigenvalue weighted by molar-refractivity contribution is 1.29. The average molecular weight is 537 g/mol. The Hall–Kier alpha value is -5.74. The normalized spacial score (nSPS) is 11.3. The third-order valence-electron chi connectivity index (χ3n) is 7.65. The number of rotatable bonds is 4. The fourth-order valence-electron chi connectivity index (χ4n) is 5.57. The van der Waals surface area contributed by atoms with Crippen LogP contribution in [0.3, 0.4) is 0 Å². The minimum absolute atomic E-state index is 0.820. The van der Waals surface area contributed by atoms with E-state index in [0.717, 1.165) is 77.9 Å². The number of benzene rings is 5. The molecule has 8 rings (SSSR count). The summed E-state index contributed by atoms with van der Waals surface area (Å²) in [6.45, 7) is 0. The van der Waals surface area contributed by atoms with Gasteiger partial charge in [-0.1, -0.05) is 127 Å². The van der Waals surface area contributed by atoms with Gasteiger partial charge >= 0.3 is 0 Å². The first-order valence-corrected chi connectivity index (χ1v) is 14.0. The van der Waals surface area contributed by atoms with Crippen LogP contribution in [-0.4, -0.2) is 19.9 Å². The summed E-state index contributed by atoms with van der Waals surface area (Å²) in [7, 11) is 0. The van der Waals surface area contributed by atoms with Crippen LogP contribution in [0.15, 0.2) is 146 Å². The summed E-state index contributed by atoms with van der Waals surface area (Å²) in [6.07, 6.45) is 0. The lowest BCUT2D eigenvalue weighted by atomic mass is 10.0. The molecule has 8 aromatic rings. The van der Waals surface area contributed by atoms with Crippen LogP contribution in [0.25, 0.3) is 77.9 Å². The van der Waals surface area contributed by atoms with E-state index in [1.807, 2.05) is 66.7 Å². The van der Waals surface area contributed by atoms with Gasteiger partial charge in [-0.15, -0.1) is 0 Å². The fourth-order valence-corrected chi connectivity index (χ4v) is 5.57. The monoisotopic (exact) mass is 536 g/mol. The highest BCUT2D eigenvalue weighted by molar-refractivity contribution is 6.05. The zero-order valence-electron chi connectivity index (χ0n) is 22.6. The molecule has 42 heavy (non-hydrogen) atoms. The summed E-state index contributed by atoms with van der Waals surface area (Å²) >= 11 is 0. The number of hydrogen-bond acceptors (Lipinski definition) is 4. The van der Waals surface area contributed by atoms with Gasteiger partial charge in [0.25, 0.3) is 0 Å². The Labute approximate surface area is 243 Å². The molecule has 0 saturated heterocycles. The van der Waals surface area contributed by atoms with E-state index in [1.54, 1.807) is 0 Å². The Kier molecular flexibility index (Phi) is 5.75. The maximum atomic E-state index is 5.28. The Morgan fingerprint density at radius 3 is 1.43 bits per heavy atom. The largest absolute Gasteiger partial charge is 0.245 e. The summed E-state index contributed by atoms with van der Waals surface area (Å²) in [5.74, 6) is 0. The van der Waals surface area contributed by atoms with Crippen molar-refractivity contribution in [3.63, 3.8) is 0 Å². The van der Waals surface area contributed by atoms with Crippen molar-refractivity contribution in [3.05, 3.63) is 146 Å². The molecule has 0 radical (unpaired) electrons. The molecular weight excluding hydrogens is 512 g/mol. The van der Waals surface area contributed by atoms with E-state index in [1.165, 1.54) is 0 Å². The van der Waals surface area contributed by atoms with Crippen LogP contribution in [0.4, 0.5) is 0 Å². The molecule has 0 N–H and O–H groups in total. The quantitative estimate of drug-likeness (QED) is 0.210. The maximum Gasteiger partial charge on any atom is 0.0988 e. The van der Waals surface area contributed by atoms with E-state index in [-0.39, 0.29) is 0 Å². The Morgan fingerprint density at radius 2 is 0.810 bits per heavy atom. The number of pyridine rings is 2. The highest BCUT2D eigenvalue weighted by Crippen LogP contribution is 2.35. The van der Waals surface area contributed by atoms with E-state index in [2.05, 4.69) is 78.9 Å². The van der Waals surface area contributed by atoms with Crippen LogP contribution < -0.4 is 0 Å². The van der Waals surface area contributed by atoms with Gasteiger partial charge in [0.1, 0.15) is 0 Å². The van der Waals surface area contributed by atoms with Gasteiger partial charge in [-0.05, 0) is 18.2 Å². The molecule has 4 nitrogen and oxygen atoms in total. The number of aromatic nitrogens is 4. The van der Waals surface area contributed by atoms with Crippen LogP contribution in [-0.2, 0) is 0 Å². The molecule has 0 aliphatic carbocycles. The molecule has 0 fully saturated rings. The first-order valence-electron chi connectivity index (χ1n) is 14.0. The average Bonchev–Trinajstić information content (AvgIpc) is 3.08. The number of fused-ring (bicyclic) bond motifs is 4. The van der Waals surface area contributed by atoms with Gasteiger partial charge in [-0.2, -0.15) is 0 Å². The molecule has 196 valence electrons. The van der Waals surface area contributed by atoms with Gasteiger partial charge in [0.15, 0.2) is 0 Å². The second-order valence-corrected chi connectivity index (χ2v) is 10.3. The van der Waals surface area contributed by atoms with Crippen molar-refractivity contribution in [2.45, 2.75) is 0 Å². The molecule has 0 aliphatic rings. The number of hydrogen-bond donors (Lipinski definition) is 0. The molecule has 5 aromatic carbocycles. The fraction of sp³-hybridized carbons (Fsp3) is 0. The lowest BCUT2D eigenvalue weighted by Gasteiger charge is -2.13.